The monoisotopic (exact) mass is 288 g/mol. The minimum absolute atomic E-state index is 0. The molecule has 20 heavy (non-hydrogen) atoms. The SMILES string of the molecule is Cl.NC[C@@H]1C[C@H]1c1cccc(NCc2ccccc2)c1. The summed E-state index contributed by atoms with van der Waals surface area (Å²) in [6.07, 6.45) is 1.25. The molecule has 1 saturated carbocycles. The Balaban J connectivity index is 0.00000147. The Labute approximate surface area is 126 Å². The van der Waals surface area contributed by atoms with Crippen LogP contribution in [0.3, 0.4) is 0 Å². The zero-order valence-electron chi connectivity index (χ0n) is 11.5. The van der Waals surface area contributed by atoms with E-state index < -0.39 is 0 Å². The predicted octanol–water partition coefficient (Wildman–Crippen LogP) is 3.78. The maximum Gasteiger partial charge on any atom is 0.0400 e. The molecule has 2 nitrogen and oxygen atoms in total. The molecule has 1 fully saturated rings. The third-order valence-electron chi connectivity index (χ3n) is 3.88. The molecule has 0 spiro atoms. The maximum absolute atomic E-state index is 5.72. The van der Waals surface area contributed by atoms with Gasteiger partial charge in [0.2, 0.25) is 0 Å². The summed E-state index contributed by atoms with van der Waals surface area (Å²) in [5.74, 6) is 1.38. The van der Waals surface area contributed by atoms with Crippen LogP contribution in [0.25, 0.3) is 0 Å². The molecule has 3 rings (SSSR count). The molecule has 0 aromatic heterocycles. The van der Waals surface area contributed by atoms with E-state index in [9.17, 15) is 0 Å². The molecule has 1 aliphatic rings. The topological polar surface area (TPSA) is 38.0 Å². The van der Waals surface area contributed by atoms with Crippen molar-refractivity contribution in [3.05, 3.63) is 65.7 Å². The van der Waals surface area contributed by atoms with Gasteiger partial charge in [-0.15, -0.1) is 12.4 Å². The van der Waals surface area contributed by atoms with Crippen LogP contribution in [0.2, 0.25) is 0 Å². The average molecular weight is 289 g/mol. The Bertz CT molecular complexity index is 542. The number of rotatable bonds is 5. The molecule has 0 unspecified atom stereocenters. The van der Waals surface area contributed by atoms with Gasteiger partial charge >= 0.3 is 0 Å². The van der Waals surface area contributed by atoms with Gasteiger partial charge in [0.15, 0.2) is 0 Å². The second-order valence-electron chi connectivity index (χ2n) is 5.30. The summed E-state index contributed by atoms with van der Waals surface area (Å²) >= 11 is 0. The average Bonchev–Trinajstić information content (AvgIpc) is 3.26. The molecule has 2 atom stereocenters. The molecule has 0 bridgehead atoms. The number of nitrogens with one attached hydrogen (secondary N) is 1. The van der Waals surface area contributed by atoms with Crippen molar-refractivity contribution in [3.8, 4) is 0 Å². The number of anilines is 1. The second kappa shape index (κ2) is 6.78. The highest BCUT2D eigenvalue weighted by Gasteiger charge is 2.36. The minimum Gasteiger partial charge on any atom is -0.381 e. The first-order valence-electron chi connectivity index (χ1n) is 6.94. The molecule has 2 aromatic rings. The van der Waals surface area contributed by atoms with Gasteiger partial charge in [-0.2, -0.15) is 0 Å². The van der Waals surface area contributed by atoms with Gasteiger partial charge in [0.25, 0.3) is 0 Å². The molecular weight excluding hydrogens is 268 g/mol. The normalized spacial score (nSPS) is 20.1. The van der Waals surface area contributed by atoms with Gasteiger partial charge in [-0.25, -0.2) is 0 Å². The van der Waals surface area contributed by atoms with Crippen LogP contribution < -0.4 is 11.1 Å². The van der Waals surface area contributed by atoms with E-state index in [1.807, 2.05) is 6.07 Å². The Morgan fingerprint density at radius 3 is 2.55 bits per heavy atom. The number of benzene rings is 2. The summed E-state index contributed by atoms with van der Waals surface area (Å²) in [7, 11) is 0. The van der Waals surface area contributed by atoms with E-state index in [4.69, 9.17) is 5.73 Å². The molecule has 0 amide bonds. The molecule has 106 valence electrons. The minimum atomic E-state index is 0. The van der Waals surface area contributed by atoms with Crippen molar-refractivity contribution in [1.82, 2.24) is 0 Å². The van der Waals surface area contributed by atoms with E-state index in [0.29, 0.717) is 11.8 Å². The molecule has 0 radical (unpaired) electrons. The third kappa shape index (κ3) is 3.53. The number of hydrogen-bond donors (Lipinski definition) is 2. The van der Waals surface area contributed by atoms with Crippen LogP contribution in [0.4, 0.5) is 5.69 Å². The summed E-state index contributed by atoms with van der Waals surface area (Å²) in [6.45, 7) is 1.68. The van der Waals surface area contributed by atoms with E-state index in [0.717, 1.165) is 13.1 Å². The van der Waals surface area contributed by atoms with Crippen molar-refractivity contribution in [1.29, 1.82) is 0 Å². The van der Waals surface area contributed by atoms with Crippen LogP contribution in [-0.2, 0) is 6.54 Å². The summed E-state index contributed by atoms with van der Waals surface area (Å²) < 4.78 is 0. The van der Waals surface area contributed by atoms with Crippen LogP contribution in [0.15, 0.2) is 54.6 Å². The van der Waals surface area contributed by atoms with Crippen molar-refractivity contribution < 1.29 is 0 Å². The lowest BCUT2D eigenvalue weighted by atomic mass is 10.1. The standard InChI is InChI=1S/C17H20N2.ClH/c18-11-15-10-17(15)14-7-4-8-16(9-14)19-12-13-5-2-1-3-6-13;/h1-9,15,17,19H,10-12,18H2;1H/t15-,17-;/m0./s1. The van der Waals surface area contributed by atoms with Crippen molar-refractivity contribution in [3.63, 3.8) is 0 Å². The first-order chi connectivity index (χ1) is 9.36. The predicted molar refractivity (Wildman–Crippen MR) is 87.4 cm³/mol. The van der Waals surface area contributed by atoms with E-state index in [-0.39, 0.29) is 12.4 Å². The zero-order chi connectivity index (χ0) is 13.1. The van der Waals surface area contributed by atoms with Gasteiger partial charge in [-0.1, -0.05) is 42.5 Å². The van der Waals surface area contributed by atoms with Crippen molar-refractivity contribution in [2.75, 3.05) is 11.9 Å². The van der Waals surface area contributed by atoms with Crippen LogP contribution in [-0.4, -0.2) is 6.54 Å². The van der Waals surface area contributed by atoms with Gasteiger partial charge in [0.1, 0.15) is 0 Å². The maximum atomic E-state index is 5.72. The first-order valence-corrected chi connectivity index (χ1v) is 6.94. The summed E-state index contributed by atoms with van der Waals surface area (Å²) in [5, 5.41) is 3.49. The highest BCUT2D eigenvalue weighted by molar-refractivity contribution is 5.85. The largest absolute Gasteiger partial charge is 0.381 e. The third-order valence-corrected chi connectivity index (χ3v) is 3.88. The molecule has 0 aliphatic heterocycles. The highest BCUT2D eigenvalue weighted by atomic mass is 35.5. The lowest BCUT2D eigenvalue weighted by molar-refractivity contribution is 0.810. The van der Waals surface area contributed by atoms with Gasteiger partial charge < -0.3 is 11.1 Å². The van der Waals surface area contributed by atoms with Gasteiger partial charge in [-0.05, 0) is 48.1 Å². The number of hydrogen-bond acceptors (Lipinski definition) is 2. The second-order valence-corrected chi connectivity index (χ2v) is 5.30. The Kier molecular flexibility index (Phi) is 5.05. The van der Waals surface area contributed by atoms with E-state index >= 15 is 0 Å². The van der Waals surface area contributed by atoms with Crippen molar-refractivity contribution in [2.24, 2.45) is 11.7 Å². The quantitative estimate of drug-likeness (QED) is 0.879. The van der Waals surface area contributed by atoms with Gasteiger partial charge in [0, 0.05) is 12.2 Å². The van der Waals surface area contributed by atoms with Crippen LogP contribution in [0, 0.1) is 5.92 Å². The van der Waals surface area contributed by atoms with E-state index in [1.165, 1.54) is 23.2 Å². The lowest BCUT2D eigenvalue weighted by Gasteiger charge is -2.08. The zero-order valence-corrected chi connectivity index (χ0v) is 12.3. The first kappa shape index (κ1) is 14.9. The van der Waals surface area contributed by atoms with E-state index in [1.54, 1.807) is 0 Å². The highest BCUT2D eigenvalue weighted by Crippen LogP contribution is 2.46. The number of nitrogens with two attached hydrogens (primary N) is 1. The summed E-state index contributed by atoms with van der Waals surface area (Å²) in [4.78, 5) is 0. The van der Waals surface area contributed by atoms with Crippen molar-refractivity contribution in [2.45, 2.75) is 18.9 Å². The molecule has 1 aliphatic carbocycles. The molecule has 0 saturated heterocycles. The molecule has 0 heterocycles. The lowest BCUT2D eigenvalue weighted by Crippen LogP contribution is -2.02. The summed E-state index contributed by atoms with van der Waals surface area (Å²) in [5.41, 5.74) is 9.65. The van der Waals surface area contributed by atoms with Crippen LogP contribution >= 0.6 is 12.4 Å². The molecule has 3 heteroatoms. The molecule has 3 N–H and O–H groups in total. The van der Waals surface area contributed by atoms with Gasteiger partial charge in [-0.3, -0.25) is 0 Å². The summed E-state index contributed by atoms with van der Waals surface area (Å²) in [6, 6.07) is 19.2. The van der Waals surface area contributed by atoms with Gasteiger partial charge in [0.05, 0.1) is 0 Å². The fourth-order valence-corrected chi connectivity index (χ4v) is 2.60. The number of halogens is 1. The van der Waals surface area contributed by atoms with Crippen molar-refractivity contribution >= 4 is 18.1 Å². The fraction of sp³-hybridized carbons (Fsp3) is 0.294. The Hall–Kier alpha value is -1.51. The van der Waals surface area contributed by atoms with Crippen LogP contribution in [0.5, 0.6) is 0 Å². The van der Waals surface area contributed by atoms with Crippen LogP contribution in [0.1, 0.15) is 23.5 Å². The Morgan fingerprint density at radius 2 is 1.85 bits per heavy atom. The Morgan fingerprint density at radius 1 is 1.05 bits per heavy atom. The fourth-order valence-electron chi connectivity index (χ4n) is 2.60. The molecular formula is C17H21ClN2. The smallest absolute Gasteiger partial charge is 0.0400 e. The molecule has 2 aromatic carbocycles. The van der Waals surface area contributed by atoms with E-state index in [2.05, 4.69) is 53.8 Å².